The van der Waals surface area contributed by atoms with E-state index in [0.29, 0.717) is 12.0 Å². The molecule has 90 valence electrons. The second kappa shape index (κ2) is 4.00. The molecule has 0 bridgehead atoms. The number of sulfonamides is 1. The van der Waals surface area contributed by atoms with Crippen LogP contribution in [0.3, 0.4) is 0 Å². The van der Waals surface area contributed by atoms with Crippen LogP contribution in [0.4, 0.5) is 0 Å². The van der Waals surface area contributed by atoms with E-state index in [1.165, 1.54) is 7.05 Å². The van der Waals surface area contributed by atoms with Gasteiger partial charge in [-0.2, -0.15) is 0 Å². The van der Waals surface area contributed by atoms with E-state index < -0.39 is 15.9 Å². The first-order valence-corrected chi connectivity index (χ1v) is 7.03. The van der Waals surface area contributed by atoms with Gasteiger partial charge in [-0.15, -0.1) is 0 Å². The summed E-state index contributed by atoms with van der Waals surface area (Å²) < 4.78 is 23.4. The number of carbonyl (C=O) groups excluding carboxylic acids is 1. The van der Waals surface area contributed by atoms with Gasteiger partial charge in [0.1, 0.15) is 0 Å². The molecule has 1 aromatic rings. The molecule has 0 N–H and O–H groups in total. The number of nitrogens with zero attached hydrogens (tertiary/aromatic N) is 1. The predicted molar refractivity (Wildman–Crippen MR) is 65.7 cm³/mol. The SMILES string of the molecule is CN(C(=O)C1=CCc2ccccc21)S(C)(=O)=O. The molecule has 0 aliphatic heterocycles. The summed E-state index contributed by atoms with van der Waals surface area (Å²) in [5.41, 5.74) is 2.35. The molecule has 0 aromatic heterocycles. The summed E-state index contributed by atoms with van der Waals surface area (Å²) in [6.07, 6.45) is 3.47. The zero-order chi connectivity index (χ0) is 12.6. The maximum absolute atomic E-state index is 12.0. The number of amides is 1. The molecule has 0 fully saturated rings. The van der Waals surface area contributed by atoms with E-state index in [2.05, 4.69) is 0 Å². The van der Waals surface area contributed by atoms with Crippen molar-refractivity contribution in [3.8, 4) is 0 Å². The average Bonchev–Trinajstić information content (AvgIpc) is 2.69. The number of likely N-dealkylation sites (N-methyl/N-ethyl adjacent to an activating group) is 1. The highest BCUT2D eigenvalue weighted by Gasteiger charge is 2.26. The Morgan fingerprint density at radius 1 is 1.29 bits per heavy atom. The lowest BCUT2D eigenvalue weighted by Crippen LogP contribution is -2.32. The molecule has 1 aliphatic rings. The topological polar surface area (TPSA) is 54.5 Å². The minimum atomic E-state index is -3.50. The Bertz CT molecular complexity index is 602. The van der Waals surface area contributed by atoms with Crippen LogP contribution in [0.2, 0.25) is 0 Å². The van der Waals surface area contributed by atoms with Gasteiger partial charge in [0.15, 0.2) is 0 Å². The molecular weight excluding hydrogens is 238 g/mol. The van der Waals surface area contributed by atoms with Crippen LogP contribution in [-0.2, 0) is 21.2 Å². The summed E-state index contributed by atoms with van der Waals surface area (Å²) >= 11 is 0. The van der Waals surface area contributed by atoms with Crippen molar-refractivity contribution in [1.82, 2.24) is 4.31 Å². The first-order chi connectivity index (χ1) is 7.91. The molecule has 0 spiro atoms. The van der Waals surface area contributed by atoms with Crippen molar-refractivity contribution in [1.29, 1.82) is 0 Å². The standard InChI is InChI=1S/C12H13NO3S/c1-13(17(2,15)16)12(14)11-8-7-9-5-3-4-6-10(9)11/h3-6,8H,7H2,1-2H3. The van der Waals surface area contributed by atoms with E-state index in [1.807, 2.05) is 24.3 Å². The van der Waals surface area contributed by atoms with Crippen LogP contribution in [0.1, 0.15) is 11.1 Å². The Morgan fingerprint density at radius 2 is 1.94 bits per heavy atom. The number of rotatable bonds is 2. The fourth-order valence-corrected chi connectivity index (χ4v) is 2.21. The maximum Gasteiger partial charge on any atom is 0.267 e. The number of carbonyl (C=O) groups is 1. The lowest BCUT2D eigenvalue weighted by Gasteiger charge is -2.15. The van der Waals surface area contributed by atoms with Gasteiger partial charge in [-0.1, -0.05) is 30.3 Å². The van der Waals surface area contributed by atoms with Gasteiger partial charge in [0.25, 0.3) is 5.91 Å². The second-order valence-corrected chi connectivity index (χ2v) is 6.03. The minimum absolute atomic E-state index is 0.466. The minimum Gasteiger partial charge on any atom is -0.268 e. The summed E-state index contributed by atoms with van der Waals surface area (Å²) in [5, 5.41) is 0. The van der Waals surface area contributed by atoms with Crippen LogP contribution in [0.25, 0.3) is 5.57 Å². The van der Waals surface area contributed by atoms with Gasteiger partial charge in [-0.25, -0.2) is 12.7 Å². The van der Waals surface area contributed by atoms with Gasteiger partial charge < -0.3 is 0 Å². The molecule has 0 unspecified atom stereocenters. The third-order valence-electron chi connectivity index (χ3n) is 2.85. The molecule has 2 rings (SSSR count). The number of hydrogen-bond acceptors (Lipinski definition) is 3. The van der Waals surface area contributed by atoms with Crippen molar-refractivity contribution in [3.05, 3.63) is 41.5 Å². The number of allylic oxidation sites excluding steroid dienone is 1. The van der Waals surface area contributed by atoms with Gasteiger partial charge in [0.05, 0.1) is 6.26 Å². The number of benzene rings is 1. The smallest absolute Gasteiger partial charge is 0.267 e. The van der Waals surface area contributed by atoms with Crippen LogP contribution >= 0.6 is 0 Å². The Balaban J connectivity index is 2.36. The van der Waals surface area contributed by atoms with Crippen LogP contribution in [0.5, 0.6) is 0 Å². The molecule has 5 heteroatoms. The van der Waals surface area contributed by atoms with Crippen LogP contribution in [0.15, 0.2) is 30.3 Å². The molecule has 0 atom stereocenters. The Hall–Kier alpha value is -1.62. The van der Waals surface area contributed by atoms with E-state index >= 15 is 0 Å². The van der Waals surface area contributed by atoms with Gasteiger partial charge in [0.2, 0.25) is 10.0 Å². The molecule has 1 aromatic carbocycles. The molecule has 0 radical (unpaired) electrons. The van der Waals surface area contributed by atoms with Crippen molar-refractivity contribution >= 4 is 21.5 Å². The molecular formula is C12H13NO3S. The predicted octanol–water partition coefficient (Wildman–Crippen LogP) is 1.04. The highest BCUT2D eigenvalue weighted by atomic mass is 32.2. The third-order valence-corrected chi connectivity index (χ3v) is 4.01. The zero-order valence-electron chi connectivity index (χ0n) is 9.67. The van der Waals surface area contributed by atoms with Gasteiger partial charge in [-0.05, 0) is 17.5 Å². The highest BCUT2D eigenvalue weighted by molar-refractivity contribution is 7.88. The fourth-order valence-electron chi connectivity index (χ4n) is 1.81. The molecule has 0 saturated carbocycles. The van der Waals surface area contributed by atoms with Crippen molar-refractivity contribution < 1.29 is 13.2 Å². The summed E-state index contributed by atoms with van der Waals surface area (Å²) in [6.45, 7) is 0. The van der Waals surface area contributed by atoms with E-state index in [-0.39, 0.29) is 0 Å². The lowest BCUT2D eigenvalue weighted by atomic mass is 10.1. The van der Waals surface area contributed by atoms with E-state index in [9.17, 15) is 13.2 Å². The van der Waals surface area contributed by atoms with E-state index in [1.54, 1.807) is 6.08 Å². The normalized spacial score (nSPS) is 14.1. The van der Waals surface area contributed by atoms with Gasteiger partial charge in [-0.3, -0.25) is 4.79 Å². The first kappa shape index (κ1) is 11.9. The van der Waals surface area contributed by atoms with E-state index in [0.717, 1.165) is 21.7 Å². The Morgan fingerprint density at radius 3 is 2.59 bits per heavy atom. The van der Waals surface area contributed by atoms with Crippen LogP contribution in [-0.4, -0.2) is 31.9 Å². The van der Waals surface area contributed by atoms with Gasteiger partial charge in [0, 0.05) is 12.6 Å². The van der Waals surface area contributed by atoms with Crippen molar-refractivity contribution in [2.75, 3.05) is 13.3 Å². The summed E-state index contributed by atoms with van der Waals surface area (Å²) in [6, 6.07) is 7.51. The van der Waals surface area contributed by atoms with Crippen LogP contribution in [0, 0.1) is 0 Å². The van der Waals surface area contributed by atoms with Crippen molar-refractivity contribution in [3.63, 3.8) is 0 Å². The zero-order valence-corrected chi connectivity index (χ0v) is 10.5. The van der Waals surface area contributed by atoms with Crippen molar-refractivity contribution in [2.24, 2.45) is 0 Å². The third kappa shape index (κ3) is 2.10. The highest BCUT2D eigenvalue weighted by Crippen LogP contribution is 2.28. The molecule has 17 heavy (non-hydrogen) atoms. The summed E-state index contributed by atoms with van der Waals surface area (Å²) in [5.74, 6) is -0.475. The Labute approximate surface area is 101 Å². The lowest BCUT2D eigenvalue weighted by molar-refractivity contribution is -0.119. The largest absolute Gasteiger partial charge is 0.268 e. The van der Waals surface area contributed by atoms with Crippen molar-refractivity contribution in [2.45, 2.75) is 6.42 Å². The summed E-state index contributed by atoms with van der Waals surface area (Å²) in [4.78, 5) is 12.0. The maximum atomic E-state index is 12.0. The molecule has 4 nitrogen and oxygen atoms in total. The Kier molecular flexibility index (Phi) is 2.79. The molecule has 1 amide bonds. The second-order valence-electron chi connectivity index (χ2n) is 4.01. The van der Waals surface area contributed by atoms with E-state index in [4.69, 9.17) is 0 Å². The quantitative estimate of drug-likeness (QED) is 0.789. The average molecular weight is 251 g/mol. The fraction of sp³-hybridized carbons (Fsp3) is 0.250. The number of hydrogen-bond donors (Lipinski definition) is 0. The van der Waals surface area contributed by atoms with Crippen LogP contribution < -0.4 is 0 Å². The first-order valence-electron chi connectivity index (χ1n) is 5.18. The molecule has 1 aliphatic carbocycles. The summed E-state index contributed by atoms with van der Waals surface area (Å²) in [7, 11) is -2.22. The molecule has 0 heterocycles. The molecule has 0 saturated heterocycles. The number of fused-ring (bicyclic) bond motifs is 1. The van der Waals surface area contributed by atoms with Gasteiger partial charge >= 0.3 is 0 Å². The monoisotopic (exact) mass is 251 g/mol.